The molecule has 2 aromatic carbocycles. The van der Waals surface area contributed by atoms with E-state index in [0.717, 1.165) is 45.1 Å². The van der Waals surface area contributed by atoms with Crippen LogP contribution in [0.3, 0.4) is 0 Å². The van der Waals surface area contributed by atoms with Crippen molar-refractivity contribution in [3.05, 3.63) is 70.3 Å². The molecule has 16 heteroatoms. The van der Waals surface area contributed by atoms with Gasteiger partial charge in [-0.1, -0.05) is 39.1 Å². The van der Waals surface area contributed by atoms with Crippen molar-refractivity contribution < 1.29 is 32.8 Å². The third-order valence-electron chi connectivity index (χ3n) is 12.5. The second kappa shape index (κ2) is 13.8. The van der Waals surface area contributed by atoms with E-state index in [0.29, 0.717) is 46.2 Å². The minimum Gasteiger partial charge on any atom is -0.464 e. The standard InChI is InChI=1S/C42H50BFN6O6SSi/c1-22(2)35(48-40(52)53-7)38(51)49-21-58(8,9)20-31(49)36-45-18-28(47-36)24-15-27(44)34-30-16-25-14-26(43-55-41(3,4)42(5,6)56-43)12-13-29(25)50(30)39(54-32(34)17-24)33-19-46-37(57-33)23-10-11-23/h12-19,22-23,31,35,39H,10-11,20-21H2,1-9H3,(H,45,47)(H,48,52)/t31-,35-,39-/m0/s1. The lowest BCUT2D eigenvalue weighted by molar-refractivity contribution is -0.135. The Kier molecular flexibility index (Phi) is 9.26. The summed E-state index contributed by atoms with van der Waals surface area (Å²) in [6.07, 6.45) is 5.26. The monoisotopic (exact) mass is 824 g/mol. The van der Waals surface area contributed by atoms with Crippen LogP contribution in [0.2, 0.25) is 19.1 Å². The molecule has 2 saturated heterocycles. The van der Waals surface area contributed by atoms with E-state index in [-0.39, 0.29) is 17.9 Å². The average Bonchev–Trinajstić information content (AvgIpc) is 3.51. The number of amides is 2. The zero-order chi connectivity index (χ0) is 41.1. The van der Waals surface area contributed by atoms with Gasteiger partial charge in [0.1, 0.15) is 23.4 Å². The lowest BCUT2D eigenvalue weighted by Crippen LogP contribution is -2.52. The maximum absolute atomic E-state index is 16.8. The van der Waals surface area contributed by atoms with Gasteiger partial charge in [-0.3, -0.25) is 9.36 Å². The highest BCUT2D eigenvalue weighted by Gasteiger charge is 2.52. The molecule has 3 atom stereocenters. The number of aromatic nitrogens is 4. The molecule has 3 aliphatic heterocycles. The fraction of sp³-hybridized carbons (Fsp3) is 0.476. The Morgan fingerprint density at radius 2 is 1.81 bits per heavy atom. The largest absolute Gasteiger partial charge is 0.494 e. The van der Waals surface area contributed by atoms with Crippen molar-refractivity contribution in [3.8, 4) is 28.3 Å². The van der Waals surface area contributed by atoms with E-state index < -0.39 is 50.6 Å². The van der Waals surface area contributed by atoms with Crippen LogP contribution >= 0.6 is 11.3 Å². The molecule has 9 rings (SSSR count). The van der Waals surface area contributed by atoms with Gasteiger partial charge in [0, 0.05) is 29.2 Å². The molecule has 1 aliphatic carbocycles. The van der Waals surface area contributed by atoms with Crippen LogP contribution < -0.4 is 15.5 Å². The van der Waals surface area contributed by atoms with Crippen molar-refractivity contribution in [1.29, 1.82) is 0 Å². The summed E-state index contributed by atoms with van der Waals surface area (Å²) < 4.78 is 43.3. The van der Waals surface area contributed by atoms with Gasteiger partial charge in [-0.2, -0.15) is 0 Å². The van der Waals surface area contributed by atoms with Crippen molar-refractivity contribution in [2.24, 2.45) is 5.92 Å². The van der Waals surface area contributed by atoms with E-state index in [1.165, 1.54) is 13.2 Å². The number of thiazole rings is 1. The Morgan fingerprint density at radius 3 is 2.50 bits per heavy atom. The number of H-pyrrole nitrogens is 1. The molecule has 4 aliphatic rings. The van der Waals surface area contributed by atoms with E-state index in [1.807, 2.05) is 76.9 Å². The Labute approximate surface area is 343 Å². The zero-order valence-corrected chi connectivity index (χ0v) is 36.3. The molecule has 0 unspecified atom stereocenters. The summed E-state index contributed by atoms with van der Waals surface area (Å²) in [5, 5.41) is 4.75. The minimum atomic E-state index is -1.85. The maximum Gasteiger partial charge on any atom is 0.494 e. The second-order valence-corrected chi connectivity index (χ2v) is 24.5. The number of alkyl carbamates (subject to hydrolysis) is 1. The Morgan fingerprint density at radius 1 is 1.07 bits per heavy atom. The van der Waals surface area contributed by atoms with E-state index in [1.54, 1.807) is 17.5 Å². The number of fused-ring (bicyclic) bond motifs is 5. The molecule has 304 valence electrons. The van der Waals surface area contributed by atoms with Crippen LogP contribution in [0, 0.1) is 11.7 Å². The molecular weight excluding hydrogens is 774 g/mol. The molecule has 3 fully saturated rings. The van der Waals surface area contributed by atoms with Crippen LogP contribution in [0.4, 0.5) is 9.18 Å². The number of nitrogens with one attached hydrogen (secondary N) is 2. The number of imidazole rings is 1. The van der Waals surface area contributed by atoms with E-state index in [2.05, 4.69) is 34.0 Å². The fourth-order valence-corrected chi connectivity index (χ4v) is 12.5. The molecule has 1 saturated carbocycles. The lowest BCUT2D eigenvalue weighted by atomic mass is 9.78. The summed E-state index contributed by atoms with van der Waals surface area (Å²) >= 11 is 1.65. The van der Waals surface area contributed by atoms with E-state index >= 15 is 4.39 Å². The molecule has 0 bridgehead atoms. The molecule has 6 heterocycles. The number of carbonyl (C=O) groups excluding carboxylic acids is 2. The first kappa shape index (κ1) is 39.0. The SMILES string of the molecule is COC(=O)N[C@H](C(=O)N1C[Si](C)(C)C[C@H]1c1ncc(-c2cc(F)c3c(c2)O[C@@H](c2cnc(C4CC4)s2)n2c-3cc3cc(B4OC(C)(C)C(C)(C)O4)ccc32)[nH]1)C(C)C. The third kappa shape index (κ3) is 6.65. The summed E-state index contributed by atoms with van der Waals surface area (Å²) in [4.78, 5) is 42.0. The highest BCUT2D eigenvalue weighted by molar-refractivity contribution is 7.11. The van der Waals surface area contributed by atoms with Crippen LogP contribution in [0.1, 0.15) is 88.3 Å². The molecule has 5 aromatic rings. The number of hydrogen-bond donors (Lipinski definition) is 2. The van der Waals surface area contributed by atoms with Crippen molar-refractivity contribution in [2.75, 3.05) is 13.3 Å². The van der Waals surface area contributed by atoms with Crippen molar-refractivity contribution in [2.45, 2.75) is 109 Å². The van der Waals surface area contributed by atoms with Gasteiger partial charge in [-0.15, -0.1) is 11.3 Å². The number of carbonyl (C=O) groups is 2. The van der Waals surface area contributed by atoms with Crippen molar-refractivity contribution >= 4 is 54.9 Å². The van der Waals surface area contributed by atoms with Gasteiger partial charge < -0.3 is 34.0 Å². The molecule has 12 nitrogen and oxygen atoms in total. The number of methoxy groups -OCH3 is 1. The predicted octanol–water partition coefficient (Wildman–Crippen LogP) is 7.92. The number of benzene rings is 2. The summed E-state index contributed by atoms with van der Waals surface area (Å²) in [5.41, 5.74) is 3.07. The van der Waals surface area contributed by atoms with Crippen LogP contribution in [-0.2, 0) is 18.8 Å². The topological polar surface area (TPSA) is 133 Å². The lowest BCUT2D eigenvalue weighted by Gasteiger charge is -2.32. The van der Waals surface area contributed by atoms with Gasteiger partial charge in [-0.05, 0) is 82.2 Å². The minimum absolute atomic E-state index is 0.159. The van der Waals surface area contributed by atoms with Gasteiger partial charge in [-0.25, -0.2) is 19.2 Å². The Hall–Kier alpha value is -4.51. The van der Waals surface area contributed by atoms with Gasteiger partial charge in [0.25, 0.3) is 0 Å². The quantitative estimate of drug-likeness (QED) is 0.151. The summed E-state index contributed by atoms with van der Waals surface area (Å²) in [5.74, 6) is 0.754. The number of hydrogen-bond acceptors (Lipinski definition) is 9. The molecular formula is C42H50BFN6O6SSi. The predicted molar refractivity (Wildman–Crippen MR) is 224 cm³/mol. The normalized spacial score (nSPS) is 22.2. The zero-order valence-electron chi connectivity index (χ0n) is 34.4. The average molecular weight is 825 g/mol. The molecule has 2 N–H and O–H groups in total. The fourth-order valence-electron chi connectivity index (χ4n) is 8.47. The van der Waals surface area contributed by atoms with Crippen molar-refractivity contribution in [1.82, 2.24) is 29.7 Å². The number of halogens is 1. The Bertz CT molecular complexity index is 2440. The maximum atomic E-state index is 16.8. The van der Waals surface area contributed by atoms with E-state index in [4.69, 9.17) is 28.8 Å². The van der Waals surface area contributed by atoms with Crippen LogP contribution in [0.15, 0.2) is 48.8 Å². The third-order valence-corrected chi connectivity index (χ3v) is 16.4. The van der Waals surface area contributed by atoms with Gasteiger partial charge >= 0.3 is 13.2 Å². The first-order chi connectivity index (χ1) is 27.4. The molecule has 0 spiro atoms. The molecule has 3 aromatic heterocycles. The number of aromatic amines is 1. The summed E-state index contributed by atoms with van der Waals surface area (Å²) in [6.45, 7) is 16.4. The number of ether oxygens (including phenoxy) is 2. The first-order valence-corrected chi connectivity index (χ1v) is 24.3. The molecule has 58 heavy (non-hydrogen) atoms. The van der Waals surface area contributed by atoms with Gasteiger partial charge in [0.15, 0.2) is 0 Å². The van der Waals surface area contributed by atoms with Crippen LogP contribution in [0.5, 0.6) is 5.75 Å². The van der Waals surface area contributed by atoms with Crippen molar-refractivity contribution in [3.63, 3.8) is 0 Å². The first-order valence-electron chi connectivity index (χ1n) is 20.1. The smallest absolute Gasteiger partial charge is 0.464 e. The van der Waals surface area contributed by atoms with Crippen LogP contribution in [-0.4, -0.2) is 82.1 Å². The molecule has 0 radical (unpaired) electrons. The number of nitrogens with zero attached hydrogens (tertiary/aromatic N) is 4. The van der Waals surface area contributed by atoms with E-state index in [9.17, 15) is 9.59 Å². The summed E-state index contributed by atoms with van der Waals surface area (Å²) in [7, 11) is -1.11. The highest BCUT2D eigenvalue weighted by atomic mass is 32.1. The molecule has 2 amide bonds. The number of rotatable bonds is 8. The van der Waals surface area contributed by atoms with Crippen LogP contribution in [0.25, 0.3) is 33.4 Å². The van der Waals surface area contributed by atoms with Gasteiger partial charge in [0.2, 0.25) is 12.1 Å². The highest BCUT2D eigenvalue weighted by Crippen LogP contribution is 2.50. The second-order valence-electron chi connectivity index (χ2n) is 18.4. The Balaban J connectivity index is 1.08. The van der Waals surface area contributed by atoms with Gasteiger partial charge in [0.05, 0.1) is 71.0 Å². The summed E-state index contributed by atoms with van der Waals surface area (Å²) in [6, 6.07) is 11.2.